The van der Waals surface area contributed by atoms with Gasteiger partial charge < -0.3 is 5.32 Å². The minimum atomic E-state index is -0.138. The third-order valence-corrected chi connectivity index (χ3v) is 4.96. The second-order valence-electron chi connectivity index (χ2n) is 6.95. The van der Waals surface area contributed by atoms with Crippen LogP contribution in [-0.4, -0.2) is 11.7 Å². The van der Waals surface area contributed by atoms with E-state index in [4.69, 9.17) is 0 Å². The molecule has 0 atom stereocenters. The van der Waals surface area contributed by atoms with Crippen molar-refractivity contribution in [2.75, 3.05) is 5.32 Å². The van der Waals surface area contributed by atoms with E-state index in [1.54, 1.807) is 24.3 Å². The van der Waals surface area contributed by atoms with E-state index in [9.17, 15) is 9.59 Å². The number of fused-ring (bicyclic) bond motifs is 3. The van der Waals surface area contributed by atoms with E-state index >= 15 is 0 Å². The summed E-state index contributed by atoms with van der Waals surface area (Å²) >= 11 is 0. The van der Waals surface area contributed by atoms with Gasteiger partial charge in [0.25, 0.3) is 0 Å². The van der Waals surface area contributed by atoms with E-state index in [1.807, 2.05) is 0 Å². The van der Waals surface area contributed by atoms with Crippen LogP contribution in [0.2, 0.25) is 0 Å². The summed E-state index contributed by atoms with van der Waals surface area (Å²) in [5, 5.41) is 2.61. The minimum Gasteiger partial charge on any atom is -0.326 e. The summed E-state index contributed by atoms with van der Waals surface area (Å²) in [7, 11) is 0. The summed E-state index contributed by atoms with van der Waals surface area (Å²) in [5.41, 5.74) is 7.12. The molecule has 3 nitrogen and oxygen atoms in total. The van der Waals surface area contributed by atoms with E-state index in [0.717, 1.165) is 0 Å². The molecule has 0 radical (unpaired) electrons. The first-order valence-corrected chi connectivity index (χ1v) is 9.58. The normalized spacial score (nSPS) is 11.7. The van der Waals surface area contributed by atoms with Gasteiger partial charge in [0.1, 0.15) is 0 Å². The Labute approximate surface area is 166 Å². The zero-order valence-electron chi connectivity index (χ0n) is 16.5. The molecule has 0 unspecified atom stereocenters. The smallest absolute Gasteiger partial charge is 0.221 e. The predicted molar refractivity (Wildman–Crippen MR) is 115 cm³/mol. The van der Waals surface area contributed by atoms with Crippen molar-refractivity contribution in [2.45, 2.75) is 33.1 Å². The van der Waals surface area contributed by atoms with E-state index in [2.05, 4.69) is 60.8 Å². The van der Waals surface area contributed by atoms with Gasteiger partial charge in [0.15, 0.2) is 5.78 Å². The Morgan fingerprint density at radius 1 is 0.821 bits per heavy atom. The summed E-state index contributed by atoms with van der Waals surface area (Å²) in [4.78, 5) is 21.7. The molecule has 1 aliphatic carbocycles. The zero-order chi connectivity index (χ0) is 20.1. The summed E-state index contributed by atoms with van der Waals surface area (Å²) in [6.45, 7) is 5.19. The van der Waals surface area contributed by atoms with E-state index < -0.39 is 0 Å². The van der Waals surface area contributed by atoms with Crippen molar-refractivity contribution in [3.05, 3.63) is 89.5 Å². The van der Waals surface area contributed by atoms with Crippen LogP contribution in [0.15, 0.2) is 72.8 Å². The Hall–Kier alpha value is -3.20. The number of carbonyl (C=O) groups excluding carboxylic acids is 2. The van der Waals surface area contributed by atoms with Gasteiger partial charge in [-0.2, -0.15) is 0 Å². The Kier molecular flexibility index (Phi) is 6.05. The number of ketones is 1. The second-order valence-corrected chi connectivity index (χ2v) is 6.95. The van der Waals surface area contributed by atoms with Gasteiger partial charge in [-0.3, -0.25) is 9.59 Å². The second kappa shape index (κ2) is 8.66. The molecule has 0 saturated carbocycles. The van der Waals surface area contributed by atoms with Crippen molar-refractivity contribution in [1.29, 1.82) is 0 Å². The molecular weight excluding hydrogens is 346 g/mol. The van der Waals surface area contributed by atoms with Gasteiger partial charge in [0.05, 0.1) is 0 Å². The topological polar surface area (TPSA) is 46.2 Å². The molecule has 1 N–H and O–H groups in total. The number of rotatable bonds is 3. The largest absolute Gasteiger partial charge is 0.326 e. The number of carbonyl (C=O) groups is 2. The molecule has 1 amide bonds. The molecule has 3 heteroatoms. The number of Topliss-reactive ketones (excluding diaryl/α,β-unsaturated/α-hetero) is 1. The van der Waals surface area contributed by atoms with Crippen molar-refractivity contribution in [2.24, 2.45) is 0 Å². The molecule has 3 aromatic rings. The lowest BCUT2D eigenvalue weighted by atomic mass is 9.95. The van der Waals surface area contributed by atoms with Crippen molar-refractivity contribution in [1.82, 2.24) is 0 Å². The summed E-state index contributed by atoms with van der Waals surface area (Å²) in [6, 6.07) is 24.4. The molecule has 0 fully saturated rings. The number of nitrogens with one attached hydrogen (secondary N) is 1. The third-order valence-electron chi connectivity index (χ3n) is 4.96. The molecule has 3 aromatic carbocycles. The van der Waals surface area contributed by atoms with Gasteiger partial charge in [-0.1, -0.05) is 67.6 Å². The molecule has 0 bridgehead atoms. The van der Waals surface area contributed by atoms with Crippen LogP contribution < -0.4 is 5.32 Å². The fourth-order valence-electron chi connectivity index (χ4n) is 3.72. The van der Waals surface area contributed by atoms with Crippen molar-refractivity contribution < 1.29 is 9.59 Å². The summed E-state index contributed by atoms with van der Waals surface area (Å²) in [5.74, 6) is 0.463. The lowest BCUT2D eigenvalue weighted by molar-refractivity contribution is -0.114. The van der Waals surface area contributed by atoms with Crippen molar-refractivity contribution in [3.8, 4) is 11.1 Å². The fraction of sp³-hybridized carbons (Fsp3) is 0.200. The van der Waals surface area contributed by atoms with Crippen LogP contribution in [0.1, 0.15) is 54.6 Å². The SMILES string of the molecule is CC(=O)Nc1cccc(C(C)=O)c1.CCC1c2ccccc2-c2ccccc21. The molecular formula is C25H25NO2. The Morgan fingerprint density at radius 2 is 1.39 bits per heavy atom. The highest BCUT2D eigenvalue weighted by atomic mass is 16.1. The number of amides is 1. The monoisotopic (exact) mass is 371 g/mol. The van der Waals surface area contributed by atoms with E-state index in [-0.39, 0.29) is 11.7 Å². The molecule has 28 heavy (non-hydrogen) atoms. The number of hydrogen-bond acceptors (Lipinski definition) is 2. The first kappa shape index (κ1) is 19.6. The van der Waals surface area contributed by atoms with Gasteiger partial charge in [-0.05, 0) is 47.7 Å². The van der Waals surface area contributed by atoms with Crippen molar-refractivity contribution in [3.63, 3.8) is 0 Å². The maximum absolute atomic E-state index is 11.0. The van der Waals surface area contributed by atoms with Crippen molar-refractivity contribution >= 4 is 17.4 Å². The van der Waals surface area contributed by atoms with E-state index in [1.165, 1.54) is 42.5 Å². The predicted octanol–water partition coefficient (Wildman–Crippen LogP) is 6.06. The number of hydrogen-bond donors (Lipinski definition) is 1. The standard InChI is InChI=1S/C15H14.C10H11NO2/c1-2-11-12-7-3-5-9-14(12)15-10-6-4-8-13(11)15;1-7(12)9-4-3-5-10(6-9)11-8(2)13/h3-11H,2H2,1H3;3-6H,1-2H3,(H,11,13). The Bertz CT molecular complexity index is 961. The van der Waals surface area contributed by atoms with Crippen LogP contribution in [0.5, 0.6) is 0 Å². The maximum Gasteiger partial charge on any atom is 0.221 e. The molecule has 0 spiro atoms. The highest BCUT2D eigenvalue weighted by Crippen LogP contribution is 2.45. The number of anilines is 1. The third kappa shape index (κ3) is 4.20. The van der Waals surface area contributed by atoms with Gasteiger partial charge in [0, 0.05) is 24.1 Å². The highest BCUT2D eigenvalue weighted by Gasteiger charge is 2.25. The van der Waals surface area contributed by atoms with Crippen LogP contribution >= 0.6 is 0 Å². The minimum absolute atomic E-state index is 0.00722. The van der Waals surface area contributed by atoms with E-state index in [0.29, 0.717) is 17.2 Å². The number of benzene rings is 3. The first-order valence-electron chi connectivity index (χ1n) is 9.58. The quantitative estimate of drug-likeness (QED) is 0.569. The summed E-state index contributed by atoms with van der Waals surface area (Å²) in [6.07, 6.45) is 1.19. The summed E-state index contributed by atoms with van der Waals surface area (Å²) < 4.78 is 0. The van der Waals surface area contributed by atoms with Crippen LogP contribution in [0, 0.1) is 0 Å². The molecule has 1 aliphatic rings. The average molecular weight is 371 g/mol. The first-order chi connectivity index (χ1) is 13.5. The lowest BCUT2D eigenvalue weighted by Crippen LogP contribution is -2.06. The van der Waals surface area contributed by atoms with Crippen LogP contribution in [0.4, 0.5) is 5.69 Å². The molecule has 0 aliphatic heterocycles. The molecule has 4 rings (SSSR count). The fourth-order valence-corrected chi connectivity index (χ4v) is 3.72. The average Bonchev–Trinajstić information content (AvgIpc) is 3.02. The van der Waals surface area contributed by atoms with Crippen LogP contribution in [0.25, 0.3) is 11.1 Å². The molecule has 142 valence electrons. The lowest BCUT2D eigenvalue weighted by Gasteiger charge is -2.09. The van der Waals surface area contributed by atoms with Crippen LogP contribution in [0.3, 0.4) is 0 Å². The van der Waals surface area contributed by atoms with Gasteiger partial charge in [0.2, 0.25) is 5.91 Å². The zero-order valence-corrected chi connectivity index (χ0v) is 16.5. The highest BCUT2D eigenvalue weighted by molar-refractivity contribution is 5.96. The maximum atomic E-state index is 11.0. The molecule has 0 heterocycles. The molecule has 0 saturated heterocycles. The Morgan fingerprint density at radius 3 is 1.89 bits per heavy atom. The van der Waals surface area contributed by atoms with Crippen LogP contribution in [-0.2, 0) is 4.79 Å². The Balaban J connectivity index is 0.000000163. The van der Waals surface area contributed by atoms with Gasteiger partial charge in [-0.15, -0.1) is 0 Å². The van der Waals surface area contributed by atoms with Gasteiger partial charge in [-0.25, -0.2) is 0 Å². The van der Waals surface area contributed by atoms with Gasteiger partial charge >= 0.3 is 0 Å². The molecule has 0 aromatic heterocycles.